The third-order valence-corrected chi connectivity index (χ3v) is 10.1. The Morgan fingerprint density at radius 2 is 1.00 bits per heavy atom. The summed E-state index contributed by atoms with van der Waals surface area (Å²) in [6.07, 6.45) is 16.8. The van der Waals surface area contributed by atoms with Crippen LogP contribution in [-0.4, -0.2) is 0 Å². The number of hydrogen-bond donors (Lipinski definition) is 0. The Kier molecular flexibility index (Phi) is 4.33. The molecule has 10 atom stereocenters. The smallest absolute Gasteiger partial charge is 0.0146 e. The van der Waals surface area contributed by atoms with E-state index in [9.17, 15) is 0 Å². The van der Waals surface area contributed by atoms with Gasteiger partial charge in [-0.25, -0.2) is 0 Å². The van der Waals surface area contributed by atoms with Gasteiger partial charge in [0.1, 0.15) is 0 Å². The van der Waals surface area contributed by atoms with Crippen LogP contribution in [0.3, 0.4) is 0 Å². The maximum Gasteiger partial charge on any atom is -0.0146 e. The molecule has 5 fully saturated rings. The van der Waals surface area contributed by atoms with Gasteiger partial charge in [0.25, 0.3) is 0 Å². The summed E-state index contributed by atoms with van der Waals surface area (Å²) < 4.78 is 0. The second-order valence-electron chi connectivity index (χ2n) is 11.0. The first-order valence-corrected chi connectivity index (χ1v) is 11.8. The van der Waals surface area contributed by atoms with Gasteiger partial charge >= 0.3 is 0 Å². The minimum atomic E-state index is 0.878. The van der Waals surface area contributed by atoms with E-state index in [1.165, 1.54) is 38.5 Å². The normalized spacial score (nSPS) is 55.5. The molecular formula is C25H40. The fraction of sp³-hybridized carbons (Fsp3) is 0.920. The Morgan fingerprint density at radius 1 is 0.600 bits per heavy atom. The number of rotatable bonds is 0. The topological polar surface area (TPSA) is 0 Å². The predicted molar refractivity (Wildman–Crippen MR) is 106 cm³/mol. The second kappa shape index (κ2) is 6.42. The van der Waals surface area contributed by atoms with Crippen LogP contribution >= 0.6 is 0 Å². The van der Waals surface area contributed by atoms with Crippen molar-refractivity contribution >= 4 is 0 Å². The van der Waals surface area contributed by atoms with Gasteiger partial charge in [0.2, 0.25) is 0 Å². The van der Waals surface area contributed by atoms with E-state index in [1.54, 1.807) is 37.7 Å². The highest BCUT2D eigenvalue weighted by Crippen LogP contribution is 2.62. The first-order chi connectivity index (χ1) is 12.1. The molecule has 0 radical (unpaired) electrons. The maximum absolute atomic E-state index is 4.86. The van der Waals surface area contributed by atoms with Gasteiger partial charge in [-0.05, 0) is 91.3 Å². The van der Waals surface area contributed by atoms with E-state index >= 15 is 0 Å². The number of fused-ring (bicyclic) bond motifs is 4. The van der Waals surface area contributed by atoms with Crippen LogP contribution in [-0.2, 0) is 0 Å². The lowest BCUT2D eigenvalue weighted by Gasteiger charge is -2.59. The summed E-state index contributed by atoms with van der Waals surface area (Å²) in [7, 11) is 0. The molecule has 0 aliphatic heterocycles. The SMILES string of the molecule is C=C1C2C(CC3C[C@@H]4CCCC[C@@H]4[C@H](C)C13)C[C@H]1CCCC[C@H]1C2C. The summed E-state index contributed by atoms with van der Waals surface area (Å²) in [5.41, 5.74) is 1.74. The number of hydrogen-bond acceptors (Lipinski definition) is 0. The van der Waals surface area contributed by atoms with Crippen molar-refractivity contribution in [3.63, 3.8) is 0 Å². The average Bonchev–Trinajstić information content (AvgIpc) is 2.61. The highest BCUT2D eigenvalue weighted by Gasteiger charge is 2.53. The Morgan fingerprint density at radius 3 is 1.48 bits per heavy atom. The largest absolute Gasteiger partial charge is 0.0993 e. The molecule has 0 spiro atoms. The molecule has 0 amide bonds. The van der Waals surface area contributed by atoms with Gasteiger partial charge < -0.3 is 0 Å². The van der Waals surface area contributed by atoms with E-state index in [4.69, 9.17) is 6.58 Å². The van der Waals surface area contributed by atoms with E-state index in [0.717, 1.165) is 59.2 Å². The van der Waals surface area contributed by atoms with E-state index in [0.29, 0.717) is 0 Å². The Hall–Kier alpha value is -0.260. The van der Waals surface area contributed by atoms with Crippen molar-refractivity contribution in [2.75, 3.05) is 0 Å². The standard InChI is InChI=1S/C25H40/c1-15-22-10-6-4-8-18(22)12-20-14-21-13-19-9-5-7-11-23(19)16(2)25(21)17(3)24(15)20/h15-16,18-25H,3-14H2,1-2H3/t15-,16?,18-,19+,20?,21?,22+,23-,24?,25?/m0/s1. The molecule has 25 heavy (non-hydrogen) atoms. The zero-order chi connectivity index (χ0) is 17.1. The predicted octanol–water partition coefficient (Wildman–Crippen LogP) is 7.10. The van der Waals surface area contributed by atoms with Crippen LogP contribution in [0.25, 0.3) is 0 Å². The minimum absolute atomic E-state index is 0.878. The van der Waals surface area contributed by atoms with Crippen LogP contribution in [0, 0.1) is 59.2 Å². The molecule has 0 heteroatoms. The van der Waals surface area contributed by atoms with Crippen LogP contribution in [0.2, 0.25) is 0 Å². The molecule has 5 aliphatic carbocycles. The van der Waals surface area contributed by atoms with Crippen molar-refractivity contribution in [2.24, 2.45) is 59.2 Å². The molecule has 5 rings (SSSR count). The monoisotopic (exact) mass is 340 g/mol. The van der Waals surface area contributed by atoms with Gasteiger partial charge in [-0.2, -0.15) is 0 Å². The molecule has 5 saturated carbocycles. The minimum Gasteiger partial charge on any atom is -0.0993 e. The summed E-state index contributed by atoms with van der Waals surface area (Å²) >= 11 is 0. The fourth-order valence-electron chi connectivity index (χ4n) is 9.28. The Balaban J connectivity index is 1.42. The molecule has 140 valence electrons. The molecule has 0 saturated heterocycles. The van der Waals surface area contributed by atoms with Crippen molar-refractivity contribution in [2.45, 2.75) is 84.5 Å². The molecule has 0 aromatic carbocycles. The van der Waals surface area contributed by atoms with Gasteiger partial charge in [0.05, 0.1) is 0 Å². The Labute approximate surface area is 156 Å². The first kappa shape index (κ1) is 16.9. The lowest BCUT2D eigenvalue weighted by molar-refractivity contribution is -0.0481. The lowest BCUT2D eigenvalue weighted by Crippen LogP contribution is -2.51. The van der Waals surface area contributed by atoms with E-state index in [2.05, 4.69) is 13.8 Å². The highest BCUT2D eigenvalue weighted by atomic mass is 14.6. The molecular weight excluding hydrogens is 300 g/mol. The van der Waals surface area contributed by atoms with Gasteiger partial charge in [0.15, 0.2) is 0 Å². The van der Waals surface area contributed by atoms with E-state index < -0.39 is 0 Å². The van der Waals surface area contributed by atoms with Gasteiger partial charge in [-0.3, -0.25) is 0 Å². The molecule has 0 nitrogen and oxygen atoms in total. The molecule has 0 N–H and O–H groups in total. The summed E-state index contributed by atoms with van der Waals surface area (Å²) in [5, 5.41) is 0. The molecule has 5 aliphatic rings. The molecule has 5 unspecified atom stereocenters. The van der Waals surface area contributed by atoms with Crippen molar-refractivity contribution in [3.05, 3.63) is 12.2 Å². The van der Waals surface area contributed by atoms with Crippen molar-refractivity contribution in [1.82, 2.24) is 0 Å². The summed E-state index contributed by atoms with van der Waals surface area (Å²) in [5.74, 6) is 9.80. The third kappa shape index (κ3) is 2.60. The quantitative estimate of drug-likeness (QED) is 0.412. The van der Waals surface area contributed by atoms with Gasteiger partial charge in [-0.1, -0.05) is 64.5 Å². The Bertz CT molecular complexity index is 474. The van der Waals surface area contributed by atoms with Crippen LogP contribution < -0.4 is 0 Å². The van der Waals surface area contributed by atoms with Crippen LogP contribution in [0.15, 0.2) is 12.2 Å². The lowest BCUT2D eigenvalue weighted by atomic mass is 9.46. The van der Waals surface area contributed by atoms with Crippen LogP contribution in [0.4, 0.5) is 0 Å². The van der Waals surface area contributed by atoms with E-state index in [-0.39, 0.29) is 0 Å². The van der Waals surface area contributed by atoms with Crippen LogP contribution in [0.1, 0.15) is 84.5 Å². The molecule has 0 bridgehead atoms. The van der Waals surface area contributed by atoms with Gasteiger partial charge in [-0.15, -0.1) is 0 Å². The number of allylic oxidation sites excluding steroid dienone is 1. The molecule has 0 aromatic heterocycles. The maximum atomic E-state index is 4.86. The molecule has 0 heterocycles. The van der Waals surface area contributed by atoms with E-state index in [1.807, 2.05) is 0 Å². The zero-order valence-corrected chi connectivity index (χ0v) is 16.8. The first-order valence-electron chi connectivity index (χ1n) is 11.8. The van der Waals surface area contributed by atoms with Gasteiger partial charge in [0, 0.05) is 0 Å². The van der Waals surface area contributed by atoms with Crippen molar-refractivity contribution in [3.8, 4) is 0 Å². The van der Waals surface area contributed by atoms with Crippen molar-refractivity contribution in [1.29, 1.82) is 0 Å². The summed E-state index contributed by atoms with van der Waals surface area (Å²) in [6, 6.07) is 0. The fourth-order valence-corrected chi connectivity index (χ4v) is 9.28. The van der Waals surface area contributed by atoms with Crippen LogP contribution in [0.5, 0.6) is 0 Å². The average molecular weight is 341 g/mol. The zero-order valence-electron chi connectivity index (χ0n) is 16.8. The molecule has 0 aromatic rings. The van der Waals surface area contributed by atoms with Crippen molar-refractivity contribution < 1.29 is 0 Å². The summed E-state index contributed by atoms with van der Waals surface area (Å²) in [4.78, 5) is 0. The third-order valence-electron chi connectivity index (χ3n) is 10.1. The summed E-state index contributed by atoms with van der Waals surface area (Å²) in [6.45, 7) is 10.1. The highest BCUT2D eigenvalue weighted by molar-refractivity contribution is 5.20. The second-order valence-corrected chi connectivity index (χ2v) is 11.0.